The van der Waals surface area contributed by atoms with Gasteiger partial charge >= 0.3 is 5.97 Å². The van der Waals surface area contributed by atoms with Gasteiger partial charge in [-0.3, -0.25) is 9.69 Å². The van der Waals surface area contributed by atoms with Crippen molar-refractivity contribution < 1.29 is 9.53 Å². The molecule has 2 atom stereocenters. The van der Waals surface area contributed by atoms with E-state index in [0.29, 0.717) is 12.8 Å². The van der Waals surface area contributed by atoms with Gasteiger partial charge in [-0.05, 0) is 24.9 Å². The lowest BCUT2D eigenvalue weighted by Gasteiger charge is -2.40. The summed E-state index contributed by atoms with van der Waals surface area (Å²) in [6, 6.07) is 12.6. The summed E-state index contributed by atoms with van der Waals surface area (Å²) in [6.07, 6.45) is 4.09. The van der Waals surface area contributed by atoms with E-state index in [-0.39, 0.29) is 18.1 Å². The van der Waals surface area contributed by atoms with Crippen molar-refractivity contribution in [2.45, 2.75) is 44.2 Å². The zero-order valence-corrected chi connectivity index (χ0v) is 12.5. The molecule has 1 heterocycles. The van der Waals surface area contributed by atoms with Gasteiger partial charge in [-0.2, -0.15) is 5.26 Å². The number of esters is 1. The Balaban J connectivity index is 2.20. The fourth-order valence-electron chi connectivity index (χ4n) is 3.12. The summed E-state index contributed by atoms with van der Waals surface area (Å²) in [7, 11) is 1.43. The van der Waals surface area contributed by atoms with Crippen LogP contribution in [-0.4, -0.2) is 30.6 Å². The maximum atomic E-state index is 11.6. The van der Waals surface area contributed by atoms with Crippen LogP contribution in [0.15, 0.2) is 30.3 Å². The standard InChI is InChI=1S/C17H22N2O2/c1-21-17(20)13-15-9-5-6-12-19(15)16(10-11-18)14-7-3-2-4-8-14/h2-4,7-8,15-16H,5-6,9-10,12-13H2,1H3. The maximum absolute atomic E-state index is 11.6. The summed E-state index contributed by atoms with van der Waals surface area (Å²) in [5, 5.41) is 9.17. The Bertz CT molecular complexity index is 495. The summed E-state index contributed by atoms with van der Waals surface area (Å²) >= 11 is 0. The van der Waals surface area contributed by atoms with E-state index in [0.717, 1.165) is 31.4 Å². The first-order valence-electron chi connectivity index (χ1n) is 7.50. The zero-order valence-electron chi connectivity index (χ0n) is 12.5. The molecule has 112 valence electrons. The Labute approximate surface area is 126 Å². The van der Waals surface area contributed by atoms with Crippen molar-refractivity contribution in [1.82, 2.24) is 4.90 Å². The average Bonchev–Trinajstić information content (AvgIpc) is 2.54. The first-order chi connectivity index (χ1) is 10.3. The van der Waals surface area contributed by atoms with Crippen molar-refractivity contribution in [3.8, 4) is 6.07 Å². The maximum Gasteiger partial charge on any atom is 0.307 e. The van der Waals surface area contributed by atoms with Crippen molar-refractivity contribution in [3.63, 3.8) is 0 Å². The average molecular weight is 286 g/mol. The van der Waals surface area contributed by atoms with Gasteiger partial charge in [-0.1, -0.05) is 36.8 Å². The lowest BCUT2D eigenvalue weighted by molar-refractivity contribution is -0.142. The third-order valence-electron chi connectivity index (χ3n) is 4.17. The number of nitrogens with zero attached hydrogens (tertiary/aromatic N) is 2. The van der Waals surface area contributed by atoms with Gasteiger partial charge in [0.05, 0.1) is 26.0 Å². The molecule has 1 aliphatic rings. The molecule has 0 radical (unpaired) electrons. The minimum atomic E-state index is -0.171. The number of methoxy groups -OCH3 is 1. The van der Waals surface area contributed by atoms with Gasteiger partial charge in [-0.15, -0.1) is 0 Å². The highest BCUT2D eigenvalue weighted by Gasteiger charge is 2.31. The molecule has 4 heteroatoms. The number of nitriles is 1. The van der Waals surface area contributed by atoms with Crippen LogP contribution in [0, 0.1) is 11.3 Å². The van der Waals surface area contributed by atoms with Gasteiger partial charge < -0.3 is 4.74 Å². The van der Waals surface area contributed by atoms with E-state index >= 15 is 0 Å². The molecule has 1 fully saturated rings. The van der Waals surface area contributed by atoms with Crippen LogP contribution in [0.3, 0.4) is 0 Å². The van der Waals surface area contributed by atoms with Gasteiger partial charge in [0.2, 0.25) is 0 Å². The first-order valence-corrected chi connectivity index (χ1v) is 7.50. The van der Waals surface area contributed by atoms with E-state index in [4.69, 9.17) is 4.74 Å². The summed E-state index contributed by atoms with van der Waals surface area (Å²) in [4.78, 5) is 13.9. The van der Waals surface area contributed by atoms with E-state index in [1.807, 2.05) is 18.2 Å². The number of piperidine rings is 1. The van der Waals surface area contributed by atoms with Crippen LogP contribution in [0.5, 0.6) is 0 Å². The first kappa shape index (κ1) is 15.5. The molecule has 21 heavy (non-hydrogen) atoms. The molecule has 0 aliphatic carbocycles. The summed E-state index contributed by atoms with van der Waals surface area (Å²) < 4.78 is 4.82. The number of carbonyl (C=O) groups excluding carboxylic acids is 1. The molecule has 2 rings (SSSR count). The van der Waals surface area contributed by atoms with E-state index in [1.54, 1.807) is 0 Å². The topological polar surface area (TPSA) is 53.3 Å². The summed E-state index contributed by atoms with van der Waals surface area (Å²) in [6.45, 7) is 0.933. The molecular weight excluding hydrogens is 264 g/mol. The SMILES string of the molecule is COC(=O)CC1CCCCN1C(CC#N)c1ccccc1. The number of ether oxygens (including phenoxy) is 1. The number of carbonyl (C=O) groups is 1. The van der Waals surface area contributed by atoms with Gasteiger partial charge in [0.15, 0.2) is 0 Å². The zero-order chi connectivity index (χ0) is 15.1. The predicted molar refractivity (Wildman–Crippen MR) is 80.4 cm³/mol. The molecule has 2 unspecified atom stereocenters. The van der Waals surface area contributed by atoms with Crippen LogP contribution in [0.25, 0.3) is 0 Å². The van der Waals surface area contributed by atoms with Gasteiger partial charge in [-0.25, -0.2) is 0 Å². The van der Waals surface area contributed by atoms with Crippen LogP contribution >= 0.6 is 0 Å². The predicted octanol–water partition coefficient (Wildman–Crippen LogP) is 3.06. The Morgan fingerprint density at radius 2 is 2.19 bits per heavy atom. The van der Waals surface area contributed by atoms with Crippen LogP contribution in [0.4, 0.5) is 0 Å². The number of hydrogen-bond donors (Lipinski definition) is 0. The van der Waals surface area contributed by atoms with E-state index in [1.165, 1.54) is 7.11 Å². The summed E-state index contributed by atoms with van der Waals surface area (Å²) in [5.41, 5.74) is 1.15. The molecule has 1 aromatic rings. The van der Waals surface area contributed by atoms with Crippen LogP contribution in [0.2, 0.25) is 0 Å². The fourth-order valence-corrected chi connectivity index (χ4v) is 3.12. The molecule has 4 nitrogen and oxygen atoms in total. The highest BCUT2D eigenvalue weighted by atomic mass is 16.5. The summed E-state index contributed by atoms with van der Waals surface area (Å²) in [5.74, 6) is -0.171. The normalized spacial score (nSPS) is 20.5. The van der Waals surface area contributed by atoms with E-state index in [2.05, 4.69) is 23.1 Å². The number of likely N-dealkylation sites (tertiary alicyclic amines) is 1. The molecular formula is C17H22N2O2. The highest BCUT2D eigenvalue weighted by Crippen LogP contribution is 2.32. The molecule has 1 saturated heterocycles. The third-order valence-corrected chi connectivity index (χ3v) is 4.17. The lowest BCUT2D eigenvalue weighted by atomic mass is 9.93. The van der Waals surface area contributed by atoms with Crippen LogP contribution in [-0.2, 0) is 9.53 Å². The molecule has 0 saturated carbocycles. The van der Waals surface area contributed by atoms with Crippen molar-refractivity contribution in [1.29, 1.82) is 5.26 Å². The third kappa shape index (κ3) is 4.05. The smallest absolute Gasteiger partial charge is 0.307 e. The van der Waals surface area contributed by atoms with Gasteiger partial charge in [0.1, 0.15) is 0 Å². The number of rotatable bonds is 5. The second-order valence-electron chi connectivity index (χ2n) is 5.46. The molecule has 1 aromatic carbocycles. The van der Waals surface area contributed by atoms with Crippen molar-refractivity contribution in [2.24, 2.45) is 0 Å². The van der Waals surface area contributed by atoms with Crippen LogP contribution in [0.1, 0.15) is 43.7 Å². The lowest BCUT2D eigenvalue weighted by Crippen LogP contribution is -2.43. The Kier molecular flexibility index (Phi) is 5.77. The fraction of sp³-hybridized carbons (Fsp3) is 0.529. The molecule has 0 bridgehead atoms. The van der Waals surface area contributed by atoms with Crippen molar-refractivity contribution in [2.75, 3.05) is 13.7 Å². The minimum Gasteiger partial charge on any atom is -0.469 e. The minimum absolute atomic E-state index is 0.0613. The van der Waals surface area contributed by atoms with Crippen molar-refractivity contribution in [3.05, 3.63) is 35.9 Å². The van der Waals surface area contributed by atoms with Crippen LogP contribution < -0.4 is 0 Å². The Hall–Kier alpha value is -1.86. The quantitative estimate of drug-likeness (QED) is 0.781. The van der Waals surface area contributed by atoms with Gasteiger partial charge in [0.25, 0.3) is 0 Å². The largest absolute Gasteiger partial charge is 0.469 e. The molecule has 0 amide bonds. The van der Waals surface area contributed by atoms with Crippen molar-refractivity contribution >= 4 is 5.97 Å². The second kappa shape index (κ2) is 7.80. The van der Waals surface area contributed by atoms with E-state index < -0.39 is 0 Å². The molecule has 0 spiro atoms. The monoisotopic (exact) mass is 286 g/mol. The highest BCUT2D eigenvalue weighted by molar-refractivity contribution is 5.69. The second-order valence-corrected chi connectivity index (χ2v) is 5.46. The Morgan fingerprint density at radius 3 is 2.86 bits per heavy atom. The Morgan fingerprint density at radius 1 is 1.43 bits per heavy atom. The van der Waals surface area contributed by atoms with Gasteiger partial charge in [0, 0.05) is 12.1 Å². The number of benzene rings is 1. The molecule has 0 N–H and O–H groups in total. The molecule has 1 aliphatic heterocycles. The van der Waals surface area contributed by atoms with E-state index in [9.17, 15) is 10.1 Å². The molecule has 0 aromatic heterocycles. The number of hydrogen-bond acceptors (Lipinski definition) is 4.